The number of halogens is 3. The van der Waals surface area contributed by atoms with E-state index in [0.717, 1.165) is 37.3 Å². The van der Waals surface area contributed by atoms with Gasteiger partial charge in [-0.25, -0.2) is 4.98 Å². The number of aromatic nitrogens is 1. The normalized spacial score (nSPS) is 18.2. The molecule has 0 spiro atoms. The Hall–Kier alpha value is -3.55. The summed E-state index contributed by atoms with van der Waals surface area (Å²) in [5, 5.41) is 0. The van der Waals surface area contributed by atoms with Crippen LogP contribution in [0, 0.1) is 12.8 Å². The van der Waals surface area contributed by atoms with E-state index < -0.39 is 11.7 Å². The molecule has 224 valence electrons. The maximum atomic E-state index is 13.6. The lowest BCUT2D eigenvalue weighted by molar-refractivity contribution is -0.139. The second-order valence-corrected chi connectivity index (χ2v) is 11.8. The first-order chi connectivity index (χ1) is 20.2. The van der Waals surface area contributed by atoms with E-state index in [0.29, 0.717) is 17.2 Å². The molecule has 2 heterocycles. The van der Waals surface area contributed by atoms with Crippen molar-refractivity contribution in [1.82, 2.24) is 9.88 Å². The first kappa shape index (κ1) is 29.9. The van der Waals surface area contributed by atoms with Crippen LogP contribution in [0.15, 0.2) is 54.7 Å². The number of benzene rings is 2. The van der Waals surface area contributed by atoms with Crippen molar-refractivity contribution in [3.63, 3.8) is 0 Å². The van der Waals surface area contributed by atoms with Crippen molar-refractivity contribution >= 4 is 11.7 Å². The molecule has 1 saturated carbocycles. The van der Waals surface area contributed by atoms with E-state index in [1.807, 2.05) is 24.3 Å². The number of likely N-dealkylation sites (tertiary alicyclic amines) is 1. The van der Waals surface area contributed by atoms with Crippen LogP contribution in [0.4, 0.5) is 19.0 Å². The van der Waals surface area contributed by atoms with Gasteiger partial charge in [-0.3, -0.25) is 4.79 Å². The summed E-state index contributed by atoms with van der Waals surface area (Å²) in [4.78, 5) is 19.7. The minimum atomic E-state index is -4.49. The van der Waals surface area contributed by atoms with Gasteiger partial charge >= 0.3 is 6.18 Å². The van der Waals surface area contributed by atoms with Crippen LogP contribution in [0.5, 0.6) is 5.75 Å². The van der Waals surface area contributed by atoms with E-state index in [1.165, 1.54) is 64.0 Å². The molecule has 8 heteroatoms. The largest absolute Gasteiger partial charge is 0.485 e. The van der Waals surface area contributed by atoms with Crippen molar-refractivity contribution in [1.29, 1.82) is 0 Å². The third-order valence-corrected chi connectivity index (χ3v) is 8.89. The minimum Gasteiger partial charge on any atom is -0.485 e. The van der Waals surface area contributed by atoms with Gasteiger partial charge in [0.05, 0.1) is 5.56 Å². The van der Waals surface area contributed by atoms with Crippen molar-refractivity contribution in [3.05, 3.63) is 77.0 Å². The van der Waals surface area contributed by atoms with Crippen molar-refractivity contribution in [2.24, 2.45) is 5.92 Å². The molecule has 1 aliphatic carbocycles. The number of alkyl halides is 3. The molecule has 2 fully saturated rings. The van der Waals surface area contributed by atoms with Gasteiger partial charge in [-0.05, 0) is 67.9 Å². The van der Waals surface area contributed by atoms with Crippen LogP contribution in [0.25, 0.3) is 11.1 Å². The predicted octanol–water partition coefficient (Wildman–Crippen LogP) is 8.59. The highest BCUT2D eigenvalue weighted by molar-refractivity contribution is 5.95. The Morgan fingerprint density at radius 3 is 2.43 bits per heavy atom. The zero-order valence-corrected chi connectivity index (χ0v) is 24.3. The van der Waals surface area contributed by atoms with E-state index >= 15 is 0 Å². The molecule has 1 saturated heterocycles. The second kappa shape index (κ2) is 13.2. The zero-order valence-electron chi connectivity index (χ0n) is 24.3. The van der Waals surface area contributed by atoms with Crippen molar-refractivity contribution in [2.75, 3.05) is 12.3 Å². The number of amides is 1. The average molecular weight is 580 g/mol. The third kappa shape index (κ3) is 7.08. The molecule has 2 aliphatic rings. The first-order valence-corrected chi connectivity index (χ1v) is 15.2. The van der Waals surface area contributed by atoms with Crippen LogP contribution in [-0.2, 0) is 12.8 Å². The van der Waals surface area contributed by atoms with Crippen LogP contribution < -0.4 is 10.5 Å². The number of ether oxygens (including phenoxy) is 1. The van der Waals surface area contributed by atoms with E-state index in [4.69, 9.17) is 10.5 Å². The molecule has 5 nitrogen and oxygen atoms in total. The van der Waals surface area contributed by atoms with Crippen LogP contribution >= 0.6 is 0 Å². The maximum Gasteiger partial charge on any atom is 0.417 e. The van der Waals surface area contributed by atoms with Gasteiger partial charge in [0, 0.05) is 35.5 Å². The molecule has 1 amide bonds. The third-order valence-electron chi connectivity index (χ3n) is 8.89. The van der Waals surface area contributed by atoms with Gasteiger partial charge in [-0.15, -0.1) is 0 Å². The summed E-state index contributed by atoms with van der Waals surface area (Å²) >= 11 is 0. The minimum absolute atomic E-state index is 0.0321. The number of carbonyl (C=O) groups is 1. The molecular weight excluding hydrogens is 539 g/mol. The topological polar surface area (TPSA) is 68.5 Å². The van der Waals surface area contributed by atoms with Crippen LogP contribution in [0.2, 0.25) is 0 Å². The van der Waals surface area contributed by atoms with E-state index in [-0.39, 0.29) is 35.2 Å². The molecule has 2 N–H and O–H groups in total. The molecule has 5 rings (SSSR count). The maximum absolute atomic E-state index is 13.6. The molecule has 1 aromatic heterocycles. The number of nitrogens with zero attached hydrogens (tertiary/aromatic N) is 2. The molecule has 2 aromatic carbocycles. The molecule has 1 aliphatic heterocycles. The van der Waals surface area contributed by atoms with Gasteiger partial charge in [0.25, 0.3) is 5.91 Å². The molecule has 0 unspecified atom stereocenters. The summed E-state index contributed by atoms with van der Waals surface area (Å²) in [5.41, 5.74) is 7.63. The van der Waals surface area contributed by atoms with Gasteiger partial charge < -0.3 is 15.4 Å². The van der Waals surface area contributed by atoms with Gasteiger partial charge in [0.1, 0.15) is 6.61 Å². The summed E-state index contributed by atoms with van der Waals surface area (Å²) in [6.45, 7) is 1.94. The predicted molar refractivity (Wildman–Crippen MR) is 159 cm³/mol. The van der Waals surface area contributed by atoms with Crippen molar-refractivity contribution < 1.29 is 22.7 Å². The number of aryl methyl sites for hydroxylation is 1. The van der Waals surface area contributed by atoms with E-state index in [2.05, 4.69) is 9.88 Å². The van der Waals surface area contributed by atoms with Crippen molar-refractivity contribution in [2.45, 2.75) is 90.0 Å². The Balaban J connectivity index is 1.24. The Morgan fingerprint density at radius 2 is 1.71 bits per heavy atom. The fourth-order valence-electron chi connectivity index (χ4n) is 6.59. The average Bonchev–Trinajstić information content (AvgIpc) is 3.29. The fraction of sp³-hybridized carbons (Fsp3) is 0.471. The van der Waals surface area contributed by atoms with Gasteiger partial charge in [-0.2, -0.15) is 13.2 Å². The molecular formula is C34H40F3N3O2. The zero-order chi connectivity index (χ0) is 29.7. The number of carbonyl (C=O) groups excluding carboxylic acids is 1. The van der Waals surface area contributed by atoms with Crippen LogP contribution in [0.1, 0.15) is 91.3 Å². The molecule has 3 aromatic rings. The summed E-state index contributed by atoms with van der Waals surface area (Å²) in [5.74, 6) is 1.17. The van der Waals surface area contributed by atoms with Gasteiger partial charge in [0.15, 0.2) is 11.6 Å². The monoisotopic (exact) mass is 579 g/mol. The van der Waals surface area contributed by atoms with Gasteiger partial charge in [-0.1, -0.05) is 68.9 Å². The Morgan fingerprint density at radius 1 is 0.976 bits per heavy atom. The second-order valence-electron chi connectivity index (χ2n) is 11.8. The highest BCUT2D eigenvalue weighted by atomic mass is 19.4. The smallest absolute Gasteiger partial charge is 0.417 e. The standard InChI is InChI=1S/C34H40F3N3O2/c1-23-8-6-11-27(31(23)34(35,36)37)22-42-30-20-28(21-39-32(30)38)25-14-16-26(17-15-25)33(41)40-19-7-12-29(40)18-13-24-9-4-2-3-5-10-24/h6,8,11,14-17,20-21,24,29H,2-5,7,9-10,12-13,18-19,22H2,1H3,(H2,38,39)/t29-/m1/s1. The number of pyridine rings is 1. The summed E-state index contributed by atoms with van der Waals surface area (Å²) in [7, 11) is 0. The Labute approximate surface area is 246 Å². The molecule has 1 atom stereocenters. The summed E-state index contributed by atoms with van der Waals surface area (Å²) < 4.78 is 46.6. The SMILES string of the molecule is Cc1cccc(COc2cc(-c3ccc(C(=O)N4CCC[C@@H]4CCC4CCCCCC4)cc3)cnc2N)c1C(F)(F)F. The Bertz CT molecular complexity index is 1370. The highest BCUT2D eigenvalue weighted by Crippen LogP contribution is 2.36. The van der Waals surface area contributed by atoms with Crippen LogP contribution in [0.3, 0.4) is 0 Å². The summed E-state index contributed by atoms with van der Waals surface area (Å²) in [6.07, 6.45) is 9.58. The number of nitrogens with two attached hydrogens (primary N) is 1. The first-order valence-electron chi connectivity index (χ1n) is 15.2. The molecule has 0 radical (unpaired) electrons. The van der Waals surface area contributed by atoms with Crippen LogP contribution in [-0.4, -0.2) is 28.4 Å². The van der Waals surface area contributed by atoms with Crippen molar-refractivity contribution in [3.8, 4) is 16.9 Å². The highest BCUT2D eigenvalue weighted by Gasteiger charge is 2.35. The van der Waals surface area contributed by atoms with E-state index in [1.54, 1.807) is 18.3 Å². The lowest BCUT2D eigenvalue weighted by atomic mass is 9.92. The lowest BCUT2D eigenvalue weighted by Crippen LogP contribution is -2.35. The fourth-order valence-corrected chi connectivity index (χ4v) is 6.59. The molecule has 0 bridgehead atoms. The number of hydrogen-bond acceptors (Lipinski definition) is 4. The summed E-state index contributed by atoms with van der Waals surface area (Å²) in [6, 6.07) is 13.8. The number of anilines is 1. The number of hydrogen-bond donors (Lipinski definition) is 1. The van der Waals surface area contributed by atoms with Gasteiger partial charge in [0.2, 0.25) is 0 Å². The quantitative estimate of drug-likeness (QED) is 0.271. The molecule has 42 heavy (non-hydrogen) atoms. The lowest BCUT2D eigenvalue weighted by Gasteiger charge is -2.26. The number of rotatable bonds is 8. The Kier molecular flexibility index (Phi) is 9.39. The number of nitrogen functional groups attached to an aromatic ring is 1. The van der Waals surface area contributed by atoms with E-state index in [9.17, 15) is 18.0 Å².